The number of benzene rings is 1. The fraction of sp³-hybridized carbons (Fsp3) is 0.625. The van der Waals surface area contributed by atoms with Crippen molar-refractivity contribution >= 4 is 17.9 Å². The van der Waals surface area contributed by atoms with Crippen LogP contribution in [0.25, 0.3) is 0 Å². The van der Waals surface area contributed by atoms with Gasteiger partial charge in [-0.2, -0.15) is 0 Å². The van der Waals surface area contributed by atoms with Crippen LogP contribution in [0, 0.1) is 0 Å². The molecular weight excluding hydrogens is 384 g/mol. The van der Waals surface area contributed by atoms with Gasteiger partial charge in [0, 0.05) is 6.42 Å². The molecule has 0 fully saturated rings. The molecule has 0 unspecified atom stereocenters. The molecule has 0 aromatic heterocycles. The van der Waals surface area contributed by atoms with E-state index in [0.717, 1.165) is 25.7 Å². The third-order valence-corrected chi connectivity index (χ3v) is 4.01. The van der Waals surface area contributed by atoms with E-state index in [1.165, 1.54) is 31.4 Å². The molecule has 170 valence electrons. The molecule has 1 aromatic rings. The second kappa shape index (κ2) is 15.5. The number of carbonyl (C=O) groups excluding carboxylic acids is 2. The van der Waals surface area contributed by atoms with Gasteiger partial charge in [-0.05, 0) is 45.7 Å². The van der Waals surface area contributed by atoms with E-state index in [1.54, 1.807) is 12.1 Å². The van der Waals surface area contributed by atoms with Crippen LogP contribution in [-0.4, -0.2) is 35.2 Å². The van der Waals surface area contributed by atoms with Crippen LogP contribution in [0.4, 0.5) is 0 Å². The molecule has 1 aromatic carbocycles. The van der Waals surface area contributed by atoms with Gasteiger partial charge in [-0.15, -0.1) is 0 Å². The Morgan fingerprint density at radius 3 is 1.97 bits per heavy atom. The zero-order valence-electron chi connectivity index (χ0n) is 19.2. The minimum Gasteiger partial charge on any atom is -0.478 e. The second-order valence-corrected chi connectivity index (χ2v) is 8.09. The lowest BCUT2D eigenvalue weighted by atomic mass is 10.1. The third-order valence-electron chi connectivity index (χ3n) is 4.01. The number of unbranched alkanes of at least 4 members (excludes halogenated alkanes) is 5. The summed E-state index contributed by atoms with van der Waals surface area (Å²) in [6.07, 6.45) is 8.14. The van der Waals surface area contributed by atoms with E-state index in [-0.39, 0.29) is 22.7 Å². The van der Waals surface area contributed by atoms with Crippen LogP contribution in [0.1, 0.15) is 107 Å². The Hall–Kier alpha value is -2.37. The standard InChI is InChI=1S/C12H14O4.C12H24O2/c1-2-3-8-16-12(15)10-7-5-4-6-9(10)11(13)14;1-5-6-7-8-9-10-11(13)14-12(2,3)4/h4-7H,2-3,8H2,1H3,(H,13,14);5-10H2,1-4H3. The first-order valence-corrected chi connectivity index (χ1v) is 10.8. The van der Waals surface area contributed by atoms with E-state index in [4.69, 9.17) is 14.6 Å². The largest absolute Gasteiger partial charge is 0.478 e. The van der Waals surface area contributed by atoms with Crippen LogP contribution in [0.3, 0.4) is 0 Å². The minimum absolute atomic E-state index is 0.0241. The lowest BCUT2D eigenvalue weighted by molar-refractivity contribution is -0.154. The summed E-state index contributed by atoms with van der Waals surface area (Å²) >= 11 is 0. The summed E-state index contributed by atoms with van der Waals surface area (Å²) in [6.45, 7) is 10.2. The lowest BCUT2D eigenvalue weighted by Crippen LogP contribution is -2.23. The van der Waals surface area contributed by atoms with Gasteiger partial charge >= 0.3 is 17.9 Å². The summed E-state index contributed by atoms with van der Waals surface area (Å²) in [4.78, 5) is 33.7. The first-order valence-electron chi connectivity index (χ1n) is 10.8. The molecule has 0 atom stereocenters. The normalized spacial score (nSPS) is 10.6. The van der Waals surface area contributed by atoms with Crippen molar-refractivity contribution in [2.24, 2.45) is 0 Å². The average molecular weight is 423 g/mol. The number of carboxylic acids is 1. The fourth-order valence-electron chi connectivity index (χ4n) is 2.50. The molecule has 0 radical (unpaired) electrons. The van der Waals surface area contributed by atoms with Gasteiger partial charge in [0.1, 0.15) is 5.60 Å². The molecule has 0 heterocycles. The first kappa shape index (κ1) is 27.6. The summed E-state index contributed by atoms with van der Waals surface area (Å²) in [5, 5.41) is 8.88. The fourth-order valence-corrected chi connectivity index (χ4v) is 2.50. The highest BCUT2D eigenvalue weighted by Gasteiger charge is 2.16. The van der Waals surface area contributed by atoms with E-state index in [0.29, 0.717) is 13.0 Å². The molecule has 0 saturated carbocycles. The van der Waals surface area contributed by atoms with Crippen molar-refractivity contribution < 1.29 is 29.0 Å². The smallest absolute Gasteiger partial charge is 0.339 e. The highest BCUT2D eigenvalue weighted by Crippen LogP contribution is 2.12. The number of carbonyl (C=O) groups is 3. The Bertz CT molecular complexity index is 645. The molecule has 0 aliphatic carbocycles. The van der Waals surface area contributed by atoms with Gasteiger partial charge < -0.3 is 14.6 Å². The Morgan fingerprint density at radius 2 is 1.43 bits per heavy atom. The maximum Gasteiger partial charge on any atom is 0.339 e. The molecule has 0 spiro atoms. The molecule has 0 aliphatic rings. The van der Waals surface area contributed by atoms with Gasteiger partial charge in [-0.25, -0.2) is 9.59 Å². The van der Waals surface area contributed by atoms with Gasteiger partial charge in [0.15, 0.2) is 0 Å². The minimum atomic E-state index is -1.12. The highest BCUT2D eigenvalue weighted by atomic mass is 16.6. The molecule has 6 nitrogen and oxygen atoms in total. The molecule has 0 aliphatic heterocycles. The Kier molecular flexibility index (Phi) is 14.2. The first-order chi connectivity index (χ1) is 14.1. The summed E-state index contributed by atoms with van der Waals surface area (Å²) in [6, 6.07) is 6.03. The Balaban J connectivity index is 0.000000567. The van der Waals surface area contributed by atoms with Crippen molar-refractivity contribution in [1.82, 2.24) is 0 Å². The van der Waals surface area contributed by atoms with Crippen molar-refractivity contribution in [3.8, 4) is 0 Å². The number of ether oxygens (including phenoxy) is 2. The van der Waals surface area contributed by atoms with Crippen molar-refractivity contribution in [1.29, 1.82) is 0 Å². The van der Waals surface area contributed by atoms with Crippen molar-refractivity contribution in [3.63, 3.8) is 0 Å². The molecule has 0 amide bonds. The molecule has 0 bridgehead atoms. The zero-order chi connectivity index (χ0) is 23.0. The zero-order valence-corrected chi connectivity index (χ0v) is 19.2. The van der Waals surface area contributed by atoms with E-state index in [1.807, 2.05) is 27.7 Å². The second-order valence-electron chi connectivity index (χ2n) is 8.09. The number of aromatic carboxylic acids is 1. The molecular formula is C24H38O6. The van der Waals surface area contributed by atoms with Crippen LogP contribution >= 0.6 is 0 Å². The summed E-state index contributed by atoms with van der Waals surface area (Å²) in [5.74, 6) is -1.76. The lowest BCUT2D eigenvalue weighted by Gasteiger charge is -2.19. The summed E-state index contributed by atoms with van der Waals surface area (Å²) < 4.78 is 10.2. The topological polar surface area (TPSA) is 89.9 Å². The summed E-state index contributed by atoms with van der Waals surface area (Å²) in [7, 11) is 0. The molecule has 1 N–H and O–H groups in total. The molecule has 30 heavy (non-hydrogen) atoms. The van der Waals surface area contributed by atoms with Crippen LogP contribution in [-0.2, 0) is 14.3 Å². The highest BCUT2D eigenvalue weighted by molar-refractivity contribution is 6.02. The van der Waals surface area contributed by atoms with Crippen molar-refractivity contribution in [2.75, 3.05) is 6.61 Å². The van der Waals surface area contributed by atoms with Crippen LogP contribution < -0.4 is 0 Å². The number of hydrogen-bond acceptors (Lipinski definition) is 5. The van der Waals surface area contributed by atoms with E-state index in [2.05, 4.69) is 6.92 Å². The van der Waals surface area contributed by atoms with Gasteiger partial charge in [0.25, 0.3) is 0 Å². The number of carboxylic acid groups (broad SMARTS) is 1. The summed E-state index contributed by atoms with van der Waals surface area (Å²) in [5.41, 5.74) is -0.254. The van der Waals surface area contributed by atoms with Gasteiger partial charge in [0.05, 0.1) is 17.7 Å². The SMILES string of the molecule is CCCCCCCC(=O)OC(C)(C)C.CCCCOC(=O)c1ccccc1C(=O)O. The van der Waals surface area contributed by atoms with Gasteiger partial charge in [0.2, 0.25) is 0 Å². The van der Waals surface area contributed by atoms with Crippen LogP contribution in [0.15, 0.2) is 24.3 Å². The van der Waals surface area contributed by atoms with E-state index < -0.39 is 11.9 Å². The van der Waals surface area contributed by atoms with E-state index >= 15 is 0 Å². The third kappa shape index (κ3) is 13.7. The Morgan fingerprint density at radius 1 is 0.867 bits per heavy atom. The monoisotopic (exact) mass is 422 g/mol. The molecule has 0 saturated heterocycles. The average Bonchev–Trinajstić information content (AvgIpc) is 2.67. The molecule has 6 heteroatoms. The van der Waals surface area contributed by atoms with Gasteiger partial charge in [-0.1, -0.05) is 58.1 Å². The van der Waals surface area contributed by atoms with E-state index in [9.17, 15) is 14.4 Å². The number of hydrogen-bond donors (Lipinski definition) is 1. The van der Waals surface area contributed by atoms with Crippen molar-refractivity contribution in [3.05, 3.63) is 35.4 Å². The quantitative estimate of drug-likeness (QED) is 0.346. The predicted molar refractivity (Wildman–Crippen MR) is 118 cm³/mol. The van der Waals surface area contributed by atoms with Gasteiger partial charge in [-0.3, -0.25) is 4.79 Å². The van der Waals surface area contributed by atoms with Crippen molar-refractivity contribution in [2.45, 2.75) is 91.6 Å². The number of esters is 2. The predicted octanol–water partition coefficient (Wildman–Crippen LogP) is 6.03. The number of rotatable bonds is 11. The van der Waals surface area contributed by atoms with Crippen LogP contribution in [0.5, 0.6) is 0 Å². The molecule has 1 rings (SSSR count). The maximum atomic E-state index is 11.6. The Labute approximate surface area is 181 Å². The van der Waals surface area contributed by atoms with Crippen LogP contribution in [0.2, 0.25) is 0 Å². The maximum absolute atomic E-state index is 11.6.